The second-order valence-electron chi connectivity index (χ2n) is 0.741. The number of nitrogens with zero attached hydrogens (tertiary/aromatic N) is 1. The molecule has 56 valence electrons. The van der Waals surface area contributed by atoms with Crippen LogP contribution in [0.2, 0.25) is 0 Å². The number of halogens is 2. The topological polar surface area (TPSA) is 43.7 Å². The van der Waals surface area contributed by atoms with Crippen molar-refractivity contribution in [3.63, 3.8) is 0 Å². The second-order valence-corrected chi connectivity index (χ2v) is 16.2. The Morgan fingerprint density at radius 2 is 1.50 bits per heavy atom. The van der Waals surface area contributed by atoms with E-state index in [0.29, 0.717) is 11.2 Å². The Morgan fingerprint density at radius 3 is 1.60 bits per heavy atom. The molecule has 0 unspecified atom stereocenters. The first-order chi connectivity index (χ1) is 4.91. The van der Waals surface area contributed by atoms with Gasteiger partial charge in [0.15, 0.2) is 0 Å². The van der Waals surface area contributed by atoms with Gasteiger partial charge >= 0.3 is 60.1 Å². The molecule has 0 heterocycles. The summed E-state index contributed by atoms with van der Waals surface area (Å²) in [5, 5.41) is 0. The van der Waals surface area contributed by atoms with Gasteiger partial charge in [0.05, 0.1) is 0 Å². The first kappa shape index (κ1) is 13.7. The molecule has 0 fully saturated rings. The van der Waals surface area contributed by atoms with Crippen molar-refractivity contribution < 1.29 is 16.0 Å². The molecule has 0 radical (unpaired) electrons. The van der Waals surface area contributed by atoms with Crippen LogP contribution in [0.4, 0.5) is 0 Å². The zero-order chi connectivity index (χ0) is 8.24. The average Bonchev–Trinajstić information content (AvgIpc) is 2.48. The first-order valence-corrected chi connectivity index (χ1v) is 13.8. The van der Waals surface area contributed by atoms with Crippen molar-refractivity contribution in [2.75, 3.05) is 0 Å². The molecule has 0 spiro atoms. The van der Waals surface area contributed by atoms with Crippen molar-refractivity contribution in [3.8, 4) is 0 Å². The van der Waals surface area contributed by atoms with E-state index in [4.69, 9.17) is 10.2 Å². The number of hydrogen-bond acceptors (Lipinski definition) is 1. The molecule has 0 atom stereocenters. The van der Waals surface area contributed by atoms with Crippen LogP contribution in [0, 0.1) is 29.7 Å². The Morgan fingerprint density at radius 1 is 1.20 bits per heavy atom. The van der Waals surface area contributed by atoms with Gasteiger partial charge in [-0.05, 0) is 0 Å². The summed E-state index contributed by atoms with van der Waals surface area (Å²) in [6.45, 7) is 0. The zero-order valence-corrected chi connectivity index (χ0v) is 10.9. The molecule has 1 aromatic carbocycles. The minimum absolute atomic E-state index is 0.410. The smallest absolute Gasteiger partial charge is 0.800 e. The molecule has 2 nitrogen and oxygen atoms in total. The van der Waals surface area contributed by atoms with Gasteiger partial charge in [-0.25, -0.2) is 0 Å². The Labute approximate surface area is 89.2 Å². The van der Waals surface area contributed by atoms with Crippen LogP contribution >= 0.6 is 38.7 Å². The normalized spacial score (nSPS) is 6.00. The molecule has 0 amide bonds. The van der Waals surface area contributed by atoms with Gasteiger partial charge in [-0.1, -0.05) is 0 Å². The van der Waals surface area contributed by atoms with Crippen LogP contribution in [-0.2, 0) is 16.0 Å². The zero-order valence-electron chi connectivity index (χ0n) is 4.60. The van der Waals surface area contributed by atoms with E-state index < -0.39 is 0 Å². The van der Waals surface area contributed by atoms with E-state index in [0.717, 1.165) is 0 Å². The molecule has 0 aliphatic carbocycles. The van der Waals surface area contributed by atoms with Gasteiger partial charge in [0.2, 0.25) is 0 Å². The number of rotatable bonds is 0. The van der Waals surface area contributed by atoms with Crippen LogP contribution in [-0.4, -0.2) is 0 Å². The van der Waals surface area contributed by atoms with Gasteiger partial charge in [0.25, 0.3) is 0 Å². The maximum Gasteiger partial charge on any atom is -0.800 e. The van der Waals surface area contributed by atoms with Crippen molar-refractivity contribution in [3.05, 3.63) is 30.3 Å². The van der Waals surface area contributed by atoms with Crippen LogP contribution < -0.4 is 0 Å². The minimum Gasteiger partial charge on any atom is -0.999 e. The summed E-state index contributed by atoms with van der Waals surface area (Å²) in [6, 6.07) is 12.0. The quantitative estimate of drug-likeness (QED) is 0.264. The number of hydrogen-bond donors (Lipinski definition) is 0. The maximum atomic E-state index is 7.25. The standard InChI is InChI=1S/C5H.2HI.Mo.NO/c1-2-4-5-3-1;;;;1-2/h1H;2*1H;;/q-5;;;+2;+1/p-2. The molecule has 1 aromatic rings. The first-order valence-electron chi connectivity index (χ1n) is 1.82. The minimum atomic E-state index is 0.410. The van der Waals surface area contributed by atoms with E-state index in [1.54, 1.807) is 6.07 Å². The average molecular weight is 441 g/mol. The summed E-state index contributed by atoms with van der Waals surface area (Å²) in [5.74, 6) is 0. The Hall–Kier alpha value is 1.17. The third kappa shape index (κ3) is 16.1. The molecule has 0 aromatic heterocycles. The van der Waals surface area contributed by atoms with Crippen molar-refractivity contribution in [2.45, 2.75) is 0 Å². The molecule has 0 bridgehead atoms. The SMILES string of the molecule is N#[O+].[I][Mo][I].[c-]1[c-][c-][cH-][c-]1. The van der Waals surface area contributed by atoms with Gasteiger partial charge in [0.1, 0.15) is 0 Å². The van der Waals surface area contributed by atoms with E-state index in [-0.39, 0.29) is 0 Å². The summed E-state index contributed by atoms with van der Waals surface area (Å²) in [6.07, 6.45) is 0. The molecule has 0 aliphatic heterocycles. The van der Waals surface area contributed by atoms with Crippen LogP contribution in [0.1, 0.15) is 0 Å². The molecule has 10 heavy (non-hydrogen) atoms. The Bertz CT molecular complexity index is 114. The Balaban J connectivity index is 0. The molecule has 0 saturated carbocycles. The fraction of sp³-hybridized carbons (Fsp3) is 0. The van der Waals surface area contributed by atoms with Gasteiger partial charge in [-0.15, -0.1) is 0 Å². The molecule has 0 N–H and O–H groups in total. The third-order valence-corrected chi connectivity index (χ3v) is 0.351. The monoisotopic (exact) mass is 443 g/mol. The fourth-order valence-corrected chi connectivity index (χ4v) is 0.180. The van der Waals surface area contributed by atoms with E-state index in [1.165, 1.54) is 0 Å². The molecule has 0 aliphatic rings. The van der Waals surface area contributed by atoms with Crippen LogP contribution in [0.5, 0.6) is 0 Å². The van der Waals surface area contributed by atoms with Gasteiger partial charge < -0.3 is 30.3 Å². The predicted molar refractivity (Wildman–Crippen MR) is 47.8 cm³/mol. The molecule has 1 rings (SSSR count). The molecular formula is C5HI2MoNO-4. The summed E-state index contributed by atoms with van der Waals surface area (Å²) in [7, 11) is 0. The van der Waals surface area contributed by atoms with Crippen molar-refractivity contribution in [1.29, 1.82) is 5.46 Å². The second kappa shape index (κ2) is 16.6. The van der Waals surface area contributed by atoms with Crippen molar-refractivity contribution in [2.24, 2.45) is 0 Å². The Kier molecular flexibility index (Phi) is 22.9. The van der Waals surface area contributed by atoms with E-state index in [9.17, 15) is 0 Å². The van der Waals surface area contributed by atoms with Gasteiger partial charge in [0, 0.05) is 0 Å². The van der Waals surface area contributed by atoms with Crippen LogP contribution in [0.3, 0.4) is 0 Å². The molecule has 0 saturated heterocycles. The van der Waals surface area contributed by atoms with Crippen molar-refractivity contribution in [1.82, 2.24) is 0 Å². The van der Waals surface area contributed by atoms with E-state index in [2.05, 4.69) is 63.0 Å². The van der Waals surface area contributed by atoms with Crippen LogP contribution in [0.25, 0.3) is 0 Å². The summed E-state index contributed by atoms with van der Waals surface area (Å²) in [5.41, 5.74) is 5.75. The molecule has 5 heteroatoms. The molecular weight excluding hydrogens is 440 g/mol. The van der Waals surface area contributed by atoms with Crippen molar-refractivity contribution >= 4 is 38.7 Å². The maximum absolute atomic E-state index is 7.25. The van der Waals surface area contributed by atoms with Gasteiger partial charge in [-0.2, -0.15) is 0 Å². The van der Waals surface area contributed by atoms with E-state index in [1.807, 2.05) is 0 Å². The predicted octanol–water partition coefficient (Wildman–Crippen LogP) is 2.27. The summed E-state index contributed by atoms with van der Waals surface area (Å²) in [4.78, 5) is 0. The van der Waals surface area contributed by atoms with Crippen LogP contribution in [0.15, 0.2) is 6.07 Å². The summed E-state index contributed by atoms with van der Waals surface area (Å²) < 4.78 is 7.25. The van der Waals surface area contributed by atoms with Gasteiger partial charge in [-0.3, -0.25) is 0 Å². The third-order valence-electron chi connectivity index (χ3n) is 0.351. The summed E-state index contributed by atoms with van der Waals surface area (Å²) >= 11 is 5.22. The van der Waals surface area contributed by atoms with E-state index >= 15 is 0 Å². The largest absolute Gasteiger partial charge is 0.999 e. The fourth-order valence-electron chi connectivity index (χ4n) is 0.180.